The van der Waals surface area contributed by atoms with Crippen LogP contribution in [0.25, 0.3) is 0 Å². The van der Waals surface area contributed by atoms with Gasteiger partial charge in [-0.2, -0.15) is 0 Å². The lowest BCUT2D eigenvalue weighted by molar-refractivity contribution is -0.125. The lowest BCUT2D eigenvalue weighted by Crippen LogP contribution is -2.39. The van der Waals surface area contributed by atoms with E-state index in [0.29, 0.717) is 0 Å². The summed E-state index contributed by atoms with van der Waals surface area (Å²) in [6.45, 7) is 3.59. The van der Waals surface area contributed by atoms with Gasteiger partial charge < -0.3 is 15.3 Å². The monoisotopic (exact) mass is 262 g/mol. The molecule has 1 atom stereocenters. The maximum atomic E-state index is 11.6. The van der Waals surface area contributed by atoms with Crippen LogP contribution in [0.1, 0.15) is 31.4 Å². The molecule has 1 fully saturated rings. The Bertz CT molecular complexity index is 420. The maximum Gasteiger partial charge on any atom is 0.222 e. The number of anilines is 1. The van der Waals surface area contributed by atoms with Crippen molar-refractivity contribution in [3.63, 3.8) is 0 Å². The number of hydrogen-bond acceptors (Lipinski definition) is 3. The molecule has 2 N–H and O–H groups in total. The van der Waals surface area contributed by atoms with Gasteiger partial charge in [-0.15, -0.1) is 0 Å². The van der Waals surface area contributed by atoms with Crippen LogP contribution in [0.2, 0.25) is 0 Å². The van der Waals surface area contributed by atoms with Crippen molar-refractivity contribution in [2.24, 2.45) is 5.92 Å². The van der Waals surface area contributed by atoms with E-state index in [1.807, 2.05) is 24.3 Å². The molecule has 19 heavy (non-hydrogen) atoms. The lowest BCUT2D eigenvalue weighted by Gasteiger charge is -2.33. The van der Waals surface area contributed by atoms with Crippen LogP contribution in [0.3, 0.4) is 0 Å². The summed E-state index contributed by atoms with van der Waals surface area (Å²) in [5.74, 6) is 0.307. The lowest BCUT2D eigenvalue weighted by atomic mass is 9.95. The Morgan fingerprint density at radius 3 is 2.37 bits per heavy atom. The van der Waals surface area contributed by atoms with Gasteiger partial charge in [-0.1, -0.05) is 12.1 Å². The fraction of sp³-hybridized carbons (Fsp3) is 0.533. The van der Waals surface area contributed by atoms with Crippen molar-refractivity contribution in [1.29, 1.82) is 0 Å². The largest absolute Gasteiger partial charge is 0.389 e. The molecule has 1 saturated heterocycles. The van der Waals surface area contributed by atoms with Crippen LogP contribution in [-0.4, -0.2) is 31.2 Å². The van der Waals surface area contributed by atoms with Gasteiger partial charge in [0.2, 0.25) is 5.91 Å². The minimum atomic E-state index is -0.423. The number of nitrogens with one attached hydrogen (secondary N) is 1. The molecule has 104 valence electrons. The topological polar surface area (TPSA) is 52.6 Å². The molecule has 0 radical (unpaired) electrons. The van der Waals surface area contributed by atoms with Gasteiger partial charge in [-0.3, -0.25) is 4.79 Å². The summed E-state index contributed by atoms with van der Waals surface area (Å²) >= 11 is 0. The highest BCUT2D eigenvalue weighted by atomic mass is 16.3. The molecule has 1 heterocycles. The van der Waals surface area contributed by atoms with Crippen molar-refractivity contribution >= 4 is 11.6 Å². The summed E-state index contributed by atoms with van der Waals surface area (Å²) < 4.78 is 0. The van der Waals surface area contributed by atoms with Crippen LogP contribution in [-0.2, 0) is 4.79 Å². The number of carbonyl (C=O) groups is 1. The van der Waals surface area contributed by atoms with Crippen LogP contribution < -0.4 is 10.2 Å². The van der Waals surface area contributed by atoms with Crippen molar-refractivity contribution in [1.82, 2.24) is 5.32 Å². The Balaban J connectivity index is 1.96. The first kappa shape index (κ1) is 13.9. The minimum Gasteiger partial charge on any atom is -0.389 e. The Labute approximate surface area is 114 Å². The molecule has 0 saturated carbocycles. The van der Waals surface area contributed by atoms with Gasteiger partial charge in [-0.05, 0) is 37.5 Å². The second kappa shape index (κ2) is 6.06. The van der Waals surface area contributed by atoms with Crippen LogP contribution >= 0.6 is 0 Å². The number of nitrogens with zero attached hydrogens (tertiary/aromatic N) is 1. The first-order valence-corrected chi connectivity index (χ1v) is 6.86. The van der Waals surface area contributed by atoms with E-state index in [0.717, 1.165) is 31.5 Å². The van der Waals surface area contributed by atoms with E-state index in [9.17, 15) is 9.90 Å². The van der Waals surface area contributed by atoms with E-state index < -0.39 is 6.10 Å². The normalized spacial score (nSPS) is 18.2. The number of aliphatic hydroxyl groups is 1. The van der Waals surface area contributed by atoms with Gasteiger partial charge in [0.05, 0.1) is 6.10 Å². The molecule has 0 bridgehead atoms. The Morgan fingerprint density at radius 2 is 1.89 bits per heavy atom. The summed E-state index contributed by atoms with van der Waals surface area (Å²) in [6.07, 6.45) is 1.38. The van der Waals surface area contributed by atoms with Crippen molar-refractivity contribution in [2.75, 3.05) is 25.0 Å². The Hall–Kier alpha value is -1.55. The van der Waals surface area contributed by atoms with Gasteiger partial charge >= 0.3 is 0 Å². The third-order valence-corrected chi connectivity index (χ3v) is 3.85. The number of carbonyl (C=O) groups excluding carboxylic acids is 1. The van der Waals surface area contributed by atoms with Crippen molar-refractivity contribution in [3.8, 4) is 0 Å². The molecule has 1 aromatic carbocycles. The van der Waals surface area contributed by atoms with E-state index in [-0.39, 0.29) is 11.8 Å². The molecular formula is C15H22N2O2. The highest BCUT2D eigenvalue weighted by molar-refractivity contribution is 5.78. The Kier molecular flexibility index (Phi) is 4.43. The number of amides is 1. The van der Waals surface area contributed by atoms with Gasteiger partial charge in [0.25, 0.3) is 0 Å². The summed E-state index contributed by atoms with van der Waals surface area (Å²) in [5, 5.41) is 12.2. The average molecular weight is 262 g/mol. The van der Waals surface area contributed by atoms with Gasteiger partial charge in [0.1, 0.15) is 0 Å². The van der Waals surface area contributed by atoms with Gasteiger partial charge in [0, 0.05) is 31.7 Å². The number of benzene rings is 1. The summed E-state index contributed by atoms with van der Waals surface area (Å²) in [6, 6.07) is 8.01. The van der Waals surface area contributed by atoms with E-state index in [1.165, 1.54) is 5.69 Å². The zero-order chi connectivity index (χ0) is 13.8. The standard InChI is InChI=1S/C15H22N2O2/c1-11(18)12-3-5-14(6-4-12)17-9-7-13(8-10-17)15(19)16-2/h3-6,11,13,18H,7-10H2,1-2H3,(H,16,19). The molecule has 1 aromatic rings. The maximum absolute atomic E-state index is 11.6. The second-order valence-corrected chi connectivity index (χ2v) is 5.14. The number of hydrogen-bond donors (Lipinski definition) is 2. The number of piperidine rings is 1. The number of aliphatic hydroxyl groups excluding tert-OH is 1. The highest BCUT2D eigenvalue weighted by Crippen LogP contribution is 2.24. The molecule has 4 heteroatoms. The van der Waals surface area contributed by atoms with Crippen molar-refractivity contribution in [3.05, 3.63) is 29.8 Å². The molecule has 4 nitrogen and oxygen atoms in total. The van der Waals surface area contributed by atoms with Crippen molar-refractivity contribution in [2.45, 2.75) is 25.9 Å². The molecule has 0 aliphatic carbocycles. The Morgan fingerprint density at radius 1 is 1.32 bits per heavy atom. The van der Waals surface area contributed by atoms with E-state index in [2.05, 4.69) is 10.2 Å². The zero-order valence-electron chi connectivity index (χ0n) is 11.6. The van der Waals surface area contributed by atoms with Gasteiger partial charge in [-0.25, -0.2) is 0 Å². The van der Waals surface area contributed by atoms with E-state index in [1.54, 1.807) is 14.0 Å². The summed E-state index contributed by atoms with van der Waals surface area (Å²) in [5.41, 5.74) is 2.10. The number of rotatable bonds is 3. The van der Waals surface area contributed by atoms with Crippen LogP contribution in [0.4, 0.5) is 5.69 Å². The fourth-order valence-electron chi connectivity index (χ4n) is 2.57. The van der Waals surface area contributed by atoms with Crippen LogP contribution in [0.5, 0.6) is 0 Å². The minimum absolute atomic E-state index is 0.151. The zero-order valence-corrected chi connectivity index (χ0v) is 11.6. The molecule has 1 unspecified atom stereocenters. The fourth-order valence-corrected chi connectivity index (χ4v) is 2.57. The molecule has 0 aromatic heterocycles. The van der Waals surface area contributed by atoms with Crippen LogP contribution in [0, 0.1) is 5.92 Å². The first-order chi connectivity index (χ1) is 9.11. The molecule has 1 aliphatic heterocycles. The predicted molar refractivity (Wildman–Crippen MR) is 76.1 cm³/mol. The predicted octanol–water partition coefficient (Wildman–Crippen LogP) is 1.70. The summed E-state index contributed by atoms with van der Waals surface area (Å²) in [7, 11) is 1.70. The smallest absolute Gasteiger partial charge is 0.222 e. The SMILES string of the molecule is CNC(=O)C1CCN(c2ccc(C(C)O)cc2)CC1. The second-order valence-electron chi connectivity index (χ2n) is 5.14. The molecule has 2 rings (SSSR count). The third kappa shape index (κ3) is 3.26. The molecule has 1 amide bonds. The van der Waals surface area contributed by atoms with E-state index >= 15 is 0 Å². The molecular weight excluding hydrogens is 240 g/mol. The van der Waals surface area contributed by atoms with Crippen molar-refractivity contribution < 1.29 is 9.90 Å². The van der Waals surface area contributed by atoms with Gasteiger partial charge in [0.15, 0.2) is 0 Å². The third-order valence-electron chi connectivity index (χ3n) is 3.85. The quantitative estimate of drug-likeness (QED) is 0.872. The average Bonchev–Trinajstić information content (AvgIpc) is 2.46. The first-order valence-electron chi connectivity index (χ1n) is 6.86. The van der Waals surface area contributed by atoms with E-state index in [4.69, 9.17) is 0 Å². The van der Waals surface area contributed by atoms with Crippen LogP contribution in [0.15, 0.2) is 24.3 Å². The molecule has 1 aliphatic rings. The highest BCUT2D eigenvalue weighted by Gasteiger charge is 2.24. The molecule has 0 spiro atoms. The summed E-state index contributed by atoms with van der Waals surface area (Å²) in [4.78, 5) is 13.9.